The Morgan fingerprint density at radius 1 is 0.892 bits per heavy atom. The standard InChI is InChI=1S/C27H23N9O/c1-36(2)15-25(37)32-19-7-17(10-29-12-19)18-8-21-26(34-35-27(21)31-11-18)23-9-20-22(13-30-14-24(20)33-23)16-3-5-28-6-4-16/h3-14,33H,15H2,1-2H3,(H,32,37)(H,31,34,35). The van der Waals surface area contributed by atoms with E-state index >= 15 is 0 Å². The van der Waals surface area contributed by atoms with Crippen molar-refractivity contribution in [1.29, 1.82) is 0 Å². The van der Waals surface area contributed by atoms with Crippen molar-refractivity contribution in [3.63, 3.8) is 0 Å². The van der Waals surface area contributed by atoms with Crippen LogP contribution in [0, 0.1) is 0 Å². The number of amides is 1. The second kappa shape index (κ2) is 9.25. The van der Waals surface area contributed by atoms with Crippen LogP contribution in [-0.4, -0.2) is 66.6 Å². The van der Waals surface area contributed by atoms with Gasteiger partial charge in [0.05, 0.1) is 41.5 Å². The highest BCUT2D eigenvalue weighted by Crippen LogP contribution is 2.34. The summed E-state index contributed by atoms with van der Waals surface area (Å²) in [4.78, 5) is 34.9. The van der Waals surface area contributed by atoms with Gasteiger partial charge in [0.25, 0.3) is 0 Å². The zero-order valence-electron chi connectivity index (χ0n) is 20.2. The number of carbonyl (C=O) groups is 1. The molecule has 0 saturated carbocycles. The molecule has 10 nitrogen and oxygen atoms in total. The predicted molar refractivity (Wildman–Crippen MR) is 143 cm³/mol. The summed E-state index contributed by atoms with van der Waals surface area (Å²) in [6.45, 7) is 0.291. The van der Waals surface area contributed by atoms with Crippen LogP contribution in [0.15, 0.2) is 73.7 Å². The molecule has 0 aliphatic heterocycles. The number of fused-ring (bicyclic) bond motifs is 2. The molecule has 0 bridgehead atoms. The summed E-state index contributed by atoms with van der Waals surface area (Å²) >= 11 is 0. The molecule has 10 heteroatoms. The minimum atomic E-state index is -0.103. The number of nitrogens with zero attached hydrogens (tertiary/aromatic N) is 6. The van der Waals surface area contributed by atoms with Crippen molar-refractivity contribution >= 4 is 33.5 Å². The van der Waals surface area contributed by atoms with E-state index in [-0.39, 0.29) is 5.91 Å². The predicted octanol–water partition coefficient (Wildman–Crippen LogP) is 4.13. The van der Waals surface area contributed by atoms with E-state index in [0.717, 1.165) is 49.9 Å². The first-order valence-corrected chi connectivity index (χ1v) is 11.7. The van der Waals surface area contributed by atoms with Crippen LogP contribution >= 0.6 is 0 Å². The van der Waals surface area contributed by atoms with Gasteiger partial charge in [0, 0.05) is 58.4 Å². The number of hydrogen-bond acceptors (Lipinski definition) is 7. The van der Waals surface area contributed by atoms with E-state index in [2.05, 4.69) is 46.5 Å². The lowest BCUT2D eigenvalue weighted by Gasteiger charge is -2.10. The van der Waals surface area contributed by atoms with Crippen molar-refractivity contribution in [3.8, 4) is 33.6 Å². The van der Waals surface area contributed by atoms with Crippen molar-refractivity contribution in [2.45, 2.75) is 0 Å². The molecule has 0 atom stereocenters. The molecule has 0 radical (unpaired) electrons. The number of anilines is 1. The maximum Gasteiger partial charge on any atom is 0.238 e. The fourth-order valence-corrected chi connectivity index (χ4v) is 4.36. The third-order valence-corrected chi connectivity index (χ3v) is 6.03. The van der Waals surface area contributed by atoms with Crippen LogP contribution < -0.4 is 5.32 Å². The average Bonchev–Trinajstić information content (AvgIpc) is 3.52. The molecule has 0 fully saturated rings. The van der Waals surface area contributed by atoms with Gasteiger partial charge in [-0.25, -0.2) is 4.98 Å². The summed E-state index contributed by atoms with van der Waals surface area (Å²) in [6.07, 6.45) is 12.4. The van der Waals surface area contributed by atoms with Gasteiger partial charge >= 0.3 is 0 Å². The van der Waals surface area contributed by atoms with E-state index in [1.165, 1.54) is 0 Å². The molecule has 1 amide bonds. The number of hydrogen-bond donors (Lipinski definition) is 3. The fraction of sp³-hybridized carbons (Fsp3) is 0.111. The largest absolute Gasteiger partial charge is 0.352 e. The molecule has 0 aliphatic rings. The van der Waals surface area contributed by atoms with Gasteiger partial charge in [0.2, 0.25) is 5.91 Å². The summed E-state index contributed by atoms with van der Waals surface area (Å²) in [7, 11) is 3.70. The highest BCUT2D eigenvalue weighted by molar-refractivity contribution is 6.00. The Morgan fingerprint density at radius 2 is 1.70 bits per heavy atom. The van der Waals surface area contributed by atoms with Crippen LogP contribution in [0.5, 0.6) is 0 Å². The maximum atomic E-state index is 12.2. The van der Waals surface area contributed by atoms with E-state index in [1.807, 2.05) is 55.7 Å². The molecule has 0 saturated heterocycles. The normalized spacial score (nSPS) is 11.4. The zero-order valence-corrected chi connectivity index (χ0v) is 20.2. The number of pyridine rings is 4. The lowest BCUT2D eigenvalue weighted by molar-refractivity contribution is -0.116. The average molecular weight is 490 g/mol. The summed E-state index contributed by atoms with van der Waals surface area (Å²) < 4.78 is 0. The summed E-state index contributed by atoms with van der Waals surface area (Å²) in [6, 6.07) is 9.94. The summed E-state index contributed by atoms with van der Waals surface area (Å²) in [5.74, 6) is -0.103. The van der Waals surface area contributed by atoms with Gasteiger partial charge in [0.1, 0.15) is 0 Å². The fourth-order valence-electron chi connectivity index (χ4n) is 4.36. The molecule has 0 unspecified atom stereocenters. The molecule has 0 aliphatic carbocycles. The van der Waals surface area contributed by atoms with Crippen molar-refractivity contribution in [1.82, 2.24) is 40.0 Å². The first kappa shape index (κ1) is 22.5. The molecule has 6 rings (SSSR count). The van der Waals surface area contributed by atoms with Gasteiger partial charge in [-0.15, -0.1) is 0 Å². The number of nitrogens with one attached hydrogen (secondary N) is 3. The molecule has 6 aromatic rings. The molecule has 0 spiro atoms. The highest BCUT2D eigenvalue weighted by atomic mass is 16.2. The van der Waals surface area contributed by atoms with Crippen LogP contribution in [-0.2, 0) is 4.79 Å². The van der Waals surface area contributed by atoms with Crippen molar-refractivity contribution < 1.29 is 4.79 Å². The Labute approximate surface area is 211 Å². The third-order valence-electron chi connectivity index (χ3n) is 6.03. The second-order valence-electron chi connectivity index (χ2n) is 9.01. The molecule has 37 heavy (non-hydrogen) atoms. The summed E-state index contributed by atoms with van der Waals surface area (Å²) in [5.41, 5.74) is 7.61. The van der Waals surface area contributed by atoms with Crippen LogP contribution in [0.4, 0.5) is 5.69 Å². The Balaban J connectivity index is 1.38. The van der Waals surface area contributed by atoms with Gasteiger partial charge in [-0.05, 0) is 50.0 Å². The van der Waals surface area contributed by atoms with E-state index in [0.29, 0.717) is 17.9 Å². The molecule has 6 heterocycles. The van der Waals surface area contributed by atoms with Crippen LogP contribution in [0.1, 0.15) is 0 Å². The first-order valence-electron chi connectivity index (χ1n) is 11.7. The smallest absolute Gasteiger partial charge is 0.238 e. The van der Waals surface area contributed by atoms with Crippen molar-refractivity contribution in [3.05, 3.63) is 73.7 Å². The zero-order chi connectivity index (χ0) is 25.4. The van der Waals surface area contributed by atoms with Crippen LogP contribution in [0.3, 0.4) is 0 Å². The molecular formula is C27H23N9O. The third kappa shape index (κ3) is 4.41. The minimum Gasteiger partial charge on any atom is -0.352 e. The topological polar surface area (TPSA) is 128 Å². The van der Waals surface area contributed by atoms with Crippen molar-refractivity contribution in [2.24, 2.45) is 0 Å². The maximum absolute atomic E-state index is 12.2. The number of aromatic nitrogens is 7. The lowest BCUT2D eigenvalue weighted by Crippen LogP contribution is -2.27. The second-order valence-corrected chi connectivity index (χ2v) is 9.01. The van der Waals surface area contributed by atoms with E-state index in [1.54, 1.807) is 31.0 Å². The number of carbonyl (C=O) groups excluding carboxylic acids is 1. The van der Waals surface area contributed by atoms with Gasteiger partial charge in [-0.1, -0.05) is 0 Å². The van der Waals surface area contributed by atoms with E-state index in [4.69, 9.17) is 0 Å². The van der Waals surface area contributed by atoms with E-state index in [9.17, 15) is 4.79 Å². The monoisotopic (exact) mass is 489 g/mol. The molecule has 0 aromatic carbocycles. The SMILES string of the molecule is CN(C)CC(=O)Nc1cncc(-c2cnc3n[nH]c(-c4cc5c(-c6ccncc6)cncc5[nH]4)c3c2)c1. The Hall–Kier alpha value is -4.96. The Bertz CT molecular complexity index is 1740. The van der Waals surface area contributed by atoms with Crippen molar-refractivity contribution in [2.75, 3.05) is 26.0 Å². The number of rotatable bonds is 6. The van der Waals surface area contributed by atoms with E-state index < -0.39 is 0 Å². The van der Waals surface area contributed by atoms with Gasteiger partial charge in [-0.2, -0.15) is 5.10 Å². The number of H-pyrrole nitrogens is 2. The quantitative estimate of drug-likeness (QED) is 0.321. The molecular weight excluding hydrogens is 466 g/mol. The first-order chi connectivity index (χ1) is 18.0. The lowest BCUT2D eigenvalue weighted by atomic mass is 10.0. The molecule has 182 valence electrons. The number of aromatic amines is 2. The van der Waals surface area contributed by atoms with Crippen LogP contribution in [0.25, 0.3) is 55.6 Å². The minimum absolute atomic E-state index is 0.103. The van der Waals surface area contributed by atoms with Gasteiger partial charge < -0.3 is 15.2 Å². The molecule has 3 N–H and O–H groups in total. The van der Waals surface area contributed by atoms with Gasteiger partial charge in [0.15, 0.2) is 5.65 Å². The van der Waals surface area contributed by atoms with Crippen LogP contribution in [0.2, 0.25) is 0 Å². The van der Waals surface area contributed by atoms with Gasteiger partial charge in [-0.3, -0.25) is 24.8 Å². The highest BCUT2D eigenvalue weighted by Gasteiger charge is 2.15. The Kier molecular flexibility index (Phi) is 5.62. The summed E-state index contributed by atoms with van der Waals surface area (Å²) in [5, 5.41) is 12.3. The molecule has 6 aromatic heterocycles. The number of likely N-dealkylation sites (N-methyl/N-ethyl adjacent to an activating group) is 1. The Morgan fingerprint density at radius 3 is 2.54 bits per heavy atom.